The summed E-state index contributed by atoms with van der Waals surface area (Å²) in [4.78, 5) is 28.3. The van der Waals surface area contributed by atoms with Gasteiger partial charge < -0.3 is 20.3 Å². The number of rotatable bonds is 7. The molecule has 0 aliphatic carbocycles. The van der Waals surface area contributed by atoms with Crippen LogP contribution >= 0.6 is 0 Å². The number of nitrogens with two attached hydrogens (primary N) is 1. The molecule has 1 fully saturated rings. The molecule has 1 heterocycles. The highest BCUT2D eigenvalue weighted by atomic mass is 16.6. The molecule has 1 aliphatic heterocycles. The van der Waals surface area contributed by atoms with Crippen LogP contribution in [-0.4, -0.2) is 54.0 Å². The van der Waals surface area contributed by atoms with Crippen molar-refractivity contribution in [1.82, 2.24) is 9.80 Å². The van der Waals surface area contributed by atoms with Crippen LogP contribution in [-0.2, 0) is 16.1 Å². The van der Waals surface area contributed by atoms with Gasteiger partial charge in [0.2, 0.25) is 5.91 Å². The van der Waals surface area contributed by atoms with Crippen LogP contribution in [0.2, 0.25) is 0 Å². The van der Waals surface area contributed by atoms with Crippen molar-refractivity contribution in [3.05, 3.63) is 35.9 Å². The zero-order valence-electron chi connectivity index (χ0n) is 16.1. The lowest BCUT2D eigenvalue weighted by molar-refractivity contribution is -0.132. The zero-order valence-corrected chi connectivity index (χ0v) is 16.1. The molecule has 0 saturated carbocycles. The maximum Gasteiger partial charge on any atom is 0.410 e. The molecule has 2 amide bonds. The van der Waals surface area contributed by atoms with Crippen LogP contribution in [0.3, 0.4) is 0 Å². The van der Waals surface area contributed by atoms with Crippen LogP contribution in [0.5, 0.6) is 0 Å². The third-order valence-corrected chi connectivity index (χ3v) is 4.92. The monoisotopic (exact) mass is 361 g/mol. The molecule has 1 saturated heterocycles. The maximum absolute atomic E-state index is 12.4. The van der Waals surface area contributed by atoms with Crippen LogP contribution in [0.15, 0.2) is 30.3 Å². The zero-order chi connectivity index (χ0) is 19.1. The first-order valence-electron chi connectivity index (χ1n) is 9.42. The topological polar surface area (TPSA) is 75.9 Å². The van der Waals surface area contributed by atoms with Crippen molar-refractivity contribution in [2.75, 3.05) is 26.2 Å². The first kappa shape index (κ1) is 20.2. The van der Waals surface area contributed by atoms with Crippen molar-refractivity contribution >= 4 is 12.0 Å². The average molecular weight is 361 g/mol. The quantitative estimate of drug-likeness (QED) is 0.809. The molecular weight excluding hydrogens is 330 g/mol. The van der Waals surface area contributed by atoms with E-state index in [-0.39, 0.29) is 30.4 Å². The first-order chi connectivity index (χ1) is 12.4. The molecule has 1 aromatic carbocycles. The second kappa shape index (κ2) is 9.57. The Kier molecular flexibility index (Phi) is 7.45. The molecule has 6 heteroatoms. The Hall–Kier alpha value is -2.08. The van der Waals surface area contributed by atoms with E-state index in [0.29, 0.717) is 26.2 Å². The Morgan fingerprint density at radius 2 is 2.00 bits per heavy atom. The fourth-order valence-electron chi connectivity index (χ4n) is 3.13. The predicted octanol–water partition coefficient (Wildman–Crippen LogP) is 2.48. The molecule has 0 aromatic heterocycles. The van der Waals surface area contributed by atoms with E-state index in [1.54, 1.807) is 4.90 Å². The van der Waals surface area contributed by atoms with Crippen LogP contribution in [0.4, 0.5) is 4.79 Å². The van der Waals surface area contributed by atoms with Gasteiger partial charge in [-0.15, -0.1) is 0 Å². The third-order valence-electron chi connectivity index (χ3n) is 4.92. The molecule has 2 unspecified atom stereocenters. The predicted molar refractivity (Wildman–Crippen MR) is 101 cm³/mol. The number of hydrogen-bond donors (Lipinski definition) is 1. The molecule has 2 atom stereocenters. The lowest BCUT2D eigenvalue weighted by Crippen LogP contribution is -2.46. The van der Waals surface area contributed by atoms with Gasteiger partial charge in [-0.2, -0.15) is 0 Å². The summed E-state index contributed by atoms with van der Waals surface area (Å²) in [6.45, 7) is 8.68. The minimum absolute atomic E-state index is 0.0113. The molecule has 1 aliphatic rings. The normalized spacial score (nSPS) is 18.0. The number of amides is 2. The van der Waals surface area contributed by atoms with E-state index in [2.05, 4.69) is 0 Å². The molecule has 2 N–H and O–H groups in total. The highest BCUT2D eigenvalue weighted by molar-refractivity contribution is 5.82. The Balaban J connectivity index is 1.82. The SMILES string of the molecule is CCN(CC1CCN(C(=O)C(N)C(C)C)C1)C(=O)OCc1ccccc1. The average Bonchev–Trinajstić information content (AvgIpc) is 3.12. The van der Waals surface area contributed by atoms with Gasteiger partial charge in [0.15, 0.2) is 0 Å². The van der Waals surface area contributed by atoms with Gasteiger partial charge in [0.25, 0.3) is 0 Å². The summed E-state index contributed by atoms with van der Waals surface area (Å²) < 4.78 is 5.42. The smallest absolute Gasteiger partial charge is 0.410 e. The molecule has 0 radical (unpaired) electrons. The van der Waals surface area contributed by atoms with Crippen LogP contribution < -0.4 is 5.73 Å². The summed E-state index contributed by atoms with van der Waals surface area (Å²) in [7, 11) is 0. The number of hydrogen-bond acceptors (Lipinski definition) is 4. The van der Waals surface area contributed by atoms with Gasteiger partial charge in [-0.3, -0.25) is 4.79 Å². The van der Waals surface area contributed by atoms with Crippen molar-refractivity contribution in [1.29, 1.82) is 0 Å². The van der Waals surface area contributed by atoms with E-state index >= 15 is 0 Å². The minimum Gasteiger partial charge on any atom is -0.445 e. The van der Waals surface area contributed by atoms with E-state index < -0.39 is 6.04 Å². The summed E-state index contributed by atoms with van der Waals surface area (Å²) >= 11 is 0. The summed E-state index contributed by atoms with van der Waals surface area (Å²) in [5, 5.41) is 0. The van der Waals surface area contributed by atoms with Crippen molar-refractivity contribution in [3.8, 4) is 0 Å². The van der Waals surface area contributed by atoms with Gasteiger partial charge in [-0.1, -0.05) is 44.2 Å². The number of benzene rings is 1. The van der Waals surface area contributed by atoms with Gasteiger partial charge in [0.1, 0.15) is 6.61 Å². The molecule has 26 heavy (non-hydrogen) atoms. The van der Waals surface area contributed by atoms with Crippen molar-refractivity contribution in [3.63, 3.8) is 0 Å². The van der Waals surface area contributed by atoms with E-state index in [1.165, 1.54) is 0 Å². The Morgan fingerprint density at radius 3 is 2.62 bits per heavy atom. The van der Waals surface area contributed by atoms with Gasteiger partial charge in [0.05, 0.1) is 6.04 Å². The Bertz CT molecular complexity index is 591. The van der Waals surface area contributed by atoms with Crippen molar-refractivity contribution < 1.29 is 14.3 Å². The van der Waals surface area contributed by atoms with E-state index in [9.17, 15) is 9.59 Å². The second-order valence-corrected chi connectivity index (χ2v) is 7.29. The van der Waals surface area contributed by atoms with E-state index in [0.717, 1.165) is 12.0 Å². The number of carbonyl (C=O) groups excluding carboxylic acids is 2. The summed E-state index contributed by atoms with van der Waals surface area (Å²) in [6, 6.07) is 9.19. The molecule has 2 rings (SSSR count). The summed E-state index contributed by atoms with van der Waals surface area (Å²) in [5.74, 6) is 0.404. The Labute approximate surface area is 156 Å². The lowest BCUT2D eigenvalue weighted by atomic mass is 10.0. The van der Waals surface area contributed by atoms with Crippen LogP contribution in [0.25, 0.3) is 0 Å². The van der Waals surface area contributed by atoms with E-state index in [1.807, 2.05) is 56.0 Å². The maximum atomic E-state index is 12.4. The highest BCUT2D eigenvalue weighted by Gasteiger charge is 2.32. The highest BCUT2D eigenvalue weighted by Crippen LogP contribution is 2.20. The third kappa shape index (κ3) is 5.46. The van der Waals surface area contributed by atoms with Gasteiger partial charge >= 0.3 is 6.09 Å². The standard InChI is InChI=1S/C20H31N3O3/c1-4-22(20(25)26-14-16-8-6-5-7-9-16)12-17-10-11-23(13-17)19(24)18(21)15(2)3/h5-9,15,17-18H,4,10-14,21H2,1-3H3. The van der Waals surface area contributed by atoms with E-state index in [4.69, 9.17) is 10.5 Å². The fraction of sp³-hybridized carbons (Fsp3) is 0.600. The summed E-state index contributed by atoms with van der Waals surface area (Å²) in [5.41, 5.74) is 6.95. The fourth-order valence-corrected chi connectivity index (χ4v) is 3.13. The minimum atomic E-state index is -0.452. The first-order valence-corrected chi connectivity index (χ1v) is 9.42. The van der Waals surface area contributed by atoms with Gasteiger partial charge in [0, 0.05) is 26.2 Å². The molecule has 144 valence electrons. The number of likely N-dealkylation sites (tertiary alicyclic amines) is 1. The summed E-state index contributed by atoms with van der Waals surface area (Å²) in [6.07, 6.45) is 0.582. The Morgan fingerprint density at radius 1 is 1.31 bits per heavy atom. The molecule has 0 bridgehead atoms. The van der Waals surface area contributed by atoms with Crippen molar-refractivity contribution in [2.24, 2.45) is 17.6 Å². The van der Waals surface area contributed by atoms with Crippen LogP contribution in [0, 0.1) is 11.8 Å². The lowest BCUT2D eigenvalue weighted by Gasteiger charge is -2.25. The van der Waals surface area contributed by atoms with Gasteiger partial charge in [-0.25, -0.2) is 4.79 Å². The largest absolute Gasteiger partial charge is 0.445 e. The van der Waals surface area contributed by atoms with Crippen molar-refractivity contribution in [2.45, 2.75) is 39.8 Å². The molecule has 6 nitrogen and oxygen atoms in total. The number of nitrogens with zero attached hydrogens (tertiary/aromatic N) is 2. The van der Waals surface area contributed by atoms with Crippen LogP contribution in [0.1, 0.15) is 32.8 Å². The van der Waals surface area contributed by atoms with Gasteiger partial charge in [-0.05, 0) is 30.7 Å². The number of ether oxygens (including phenoxy) is 1. The molecule has 0 spiro atoms. The number of carbonyl (C=O) groups is 2. The second-order valence-electron chi connectivity index (χ2n) is 7.29. The molecular formula is C20H31N3O3. The molecule has 1 aromatic rings.